The maximum atomic E-state index is 12.2. The fourth-order valence-corrected chi connectivity index (χ4v) is 2.15. The first-order valence-electron chi connectivity index (χ1n) is 6.66. The van der Waals surface area contributed by atoms with E-state index in [2.05, 4.69) is 30.1 Å². The number of ketones is 1. The van der Waals surface area contributed by atoms with Crippen molar-refractivity contribution in [3.05, 3.63) is 65.5 Å². The van der Waals surface area contributed by atoms with E-state index in [1.165, 1.54) is 11.1 Å². The Morgan fingerprint density at radius 1 is 1.21 bits per heavy atom. The summed E-state index contributed by atoms with van der Waals surface area (Å²) in [5, 5.41) is 0. The van der Waals surface area contributed by atoms with Gasteiger partial charge in [0, 0.05) is 12.6 Å². The van der Waals surface area contributed by atoms with Crippen molar-refractivity contribution in [3.8, 4) is 0 Å². The summed E-state index contributed by atoms with van der Waals surface area (Å²) >= 11 is 0. The number of aryl methyl sites for hydroxylation is 2. The molecule has 1 heterocycles. The van der Waals surface area contributed by atoms with Crippen molar-refractivity contribution in [3.63, 3.8) is 0 Å². The molecule has 2 aromatic rings. The van der Waals surface area contributed by atoms with Gasteiger partial charge in [0.15, 0.2) is 0 Å². The van der Waals surface area contributed by atoms with Crippen LogP contribution in [0.5, 0.6) is 0 Å². The number of benzene rings is 1. The molecular weight excluding hydrogens is 234 g/mol. The maximum absolute atomic E-state index is 12.2. The molecule has 19 heavy (non-hydrogen) atoms. The van der Waals surface area contributed by atoms with Gasteiger partial charge in [-0.1, -0.05) is 35.9 Å². The summed E-state index contributed by atoms with van der Waals surface area (Å²) in [5.41, 5.74) is 3.32. The average Bonchev–Trinajstić information content (AvgIpc) is 2.45. The molecule has 0 aliphatic carbocycles. The number of aromatic nitrogens is 1. The van der Waals surface area contributed by atoms with E-state index in [-0.39, 0.29) is 11.7 Å². The minimum atomic E-state index is -0.119. The van der Waals surface area contributed by atoms with Crippen LogP contribution in [0.25, 0.3) is 0 Å². The van der Waals surface area contributed by atoms with Gasteiger partial charge in [-0.2, -0.15) is 0 Å². The summed E-state index contributed by atoms with van der Waals surface area (Å²) < 4.78 is 0. The van der Waals surface area contributed by atoms with Crippen molar-refractivity contribution >= 4 is 5.78 Å². The van der Waals surface area contributed by atoms with Gasteiger partial charge in [0.2, 0.25) is 0 Å². The first kappa shape index (κ1) is 13.5. The molecule has 1 unspecified atom stereocenters. The topological polar surface area (TPSA) is 30.0 Å². The van der Waals surface area contributed by atoms with Gasteiger partial charge in [-0.05, 0) is 38.0 Å². The molecule has 0 saturated heterocycles. The zero-order chi connectivity index (χ0) is 13.7. The van der Waals surface area contributed by atoms with Crippen LogP contribution in [0.2, 0.25) is 0 Å². The number of pyridine rings is 1. The smallest absolute Gasteiger partial charge is 0.141 e. The molecule has 0 fully saturated rings. The molecular formula is C17H19NO. The van der Waals surface area contributed by atoms with Gasteiger partial charge >= 0.3 is 0 Å². The van der Waals surface area contributed by atoms with Gasteiger partial charge in [0.05, 0.1) is 11.6 Å². The fourth-order valence-electron chi connectivity index (χ4n) is 2.15. The zero-order valence-electron chi connectivity index (χ0n) is 11.5. The third-order valence-electron chi connectivity index (χ3n) is 3.36. The number of carbonyl (C=O) groups excluding carboxylic acids is 1. The Kier molecular flexibility index (Phi) is 4.45. The van der Waals surface area contributed by atoms with E-state index in [9.17, 15) is 4.79 Å². The van der Waals surface area contributed by atoms with E-state index < -0.39 is 0 Å². The Bertz CT molecular complexity index is 548. The molecule has 0 spiro atoms. The summed E-state index contributed by atoms with van der Waals surface area (Å²) in [5.74, 6) is 0.131. The first-order valence-corrected chi connectivity index (χ1v) is 6.66. The monoisotopic (exact) mass is 253 g/mol. The van der Waals surface area contributed by atoms with Crippen molar-refractivity contribution in [2.45, 2.75) is 32.6 Å². The molecule has 0 saturated carbocycles. The van der Waals surface area contributed by atoms with Crippen LogP contribution in [-0.2, 0) is 11.2 Å². The van der Waals surface area contributed by atoms with E-state index in [1.54, 1.807) is 6.20 Å². The molecule has 0 N–H and O–H groups in total. The Morgan fingerprint density at radius 2 is 2.05 bits per heavy atom. The molecule has 0 bridgehead atoms. The van der Waals surface area contributed by atoms with E-state index >= 15 is 0 Å². The van der Waals surface area contributed by atoms with E-state index in [0.717, 1.165) is 12.1 Å². The molecule has 2 heteroatoms. The first-order chi connectivity index (χ1) is 9.16. The van der Waals surface area contributed by atoms with Gasteiger partial charge in [0.1, 0.15) is 5.78 Å². The number of hydrogen-bond acceptors (Lipinski definition) is 2. The van der Waals surface area contributed by atoms with Gasteiger partial charge in [-0.25, -0.2) is 0 Å². The Morgan fingerprint density at radius 3 is 2.74 bits per heavy atom. The summed E-state index contributed by atoms with van der Waals surface area (Å²) in [7, 11) is 0. The fraction of sp³-hybridized carbons (Fsp3) is 0.294. The Hall–Kier alpha value is -1.96. The molecule has 2 rings (SSSR count). The van der Waals surface area contributed by atoms with Crippen molar-refractivity contribution in [1.29, 1.82) is 0 Å². The van der Waals surface area contributed by atoms with Gasteiger partial charge < -0.3 is 0 Å². The second-order valence-electron chi connectivity index (χ2n) is 4.93. The van der Waals surface area contributed by atoms with Gasteiger partial charge in [-0.15, -0.1) is 0 Å². The van der Waals surface area contributed by atoms with Crippen molar-refractivity contribution in [2.75, 3.05) is 0 Å². The molecule has 1 aromatic heterocycles. The second-order valence-corrected chi connectivity index (χ2v) is 4.93. The Balaban J connectivity index is 1.95. The van der Waals surface area contributed by atoms with Crippen LogP contribution in [0.4, 0.5) is 0 Å². The predicted molar refractivity (Wildman–Crippen MR) is 77.2 cm³/mol. The molecule has 0 amide bonds. The Labute approximate surface area is 114 Å². The lowest BCUT2D eigenvalue weighted by atomic mass is 9.96. The molecule has 1 aromatic carbocycles. The SMILES string of the molecule is Cc1cccc(CCC(=O)C(C)c2ccccn2)c1. The lowest BCUT2D eigenvalue weighted by molar-refractivity contribution is -0.120. The molecule has 1 atom stereocenters. The van der Waals surface area contributed by atoms with Crippen LogP contribution in [0, 0.1) is 6.92 Å². The van der Waals surface area contributed by atoms with Gasteiger partial charge in [0.25, 0.3) is 0 Å². The summed E-state index contributed by atoms with van der Waals surface area (Å²) in [4.78, 5) is 16.4. The van der Waals surface area contributed by atoms with Crippen LogP contribution < -0.4 is 0 Å². The molecule has 0 radical (unpaired) electrons. The summed E-state index contributed by atoms with van der Waals surface area (Å²) in [6.45, 7) is 4.00. The minimum absolute atomic E-state index is 0.119. The summed E-state index contributed by atoms with van der Waals surface area (Å²) in [6, 6.07) is 14.0. The normalized spacial score (nSPS) is 12.1. The van der Waals surface area contributed by atoms with Crippen LogP contribution >= 0.6 is 0 Å². The molecule has 98 valence electrons. The largest absolute Gasteiger partial charge is 0.299 e. The van der Waals surface area contributed by atoms with E-state index in [4.69, 9.17) is 0 Å². The quantitative estimate of drug-likeness (QED) is 0.813. The molecule has 0 aliphatic rings. The number of nitrogens with zero attached hydrogens (tertiary/aromatic N) is 1. The summed E-state index contributed by atoms with van der Waals surface area (Å²) in [6.07, 6.45) is 3.11. The van der Waals surface area contributed by atoms with Crippen molar-refractivity contribution in [1.82, 2.24) is 4.98 Å². The number of Topliss-reactive ketones (excluding diaryl/α,β-unsaturated/α-hetero) is 1. The van der Waals surface area contributed by atoms with E-state index in [0.29, 0.717) is 6.42 Å². The van der Waals surface area contributed by atoms with Crippen molar-refractivity contribution < 1.29 is 4.79 Å². The number of hydrogen-bond donors (Lipinski definition) is 0. The zero-order valence-corrected chi connectivity index (χ0v) is 11.5. The van der Waals surface area contributed by atoms with Crippen LogP contribution in [0.3, 0.4) is 0 Å². The highest BCUT2D eigenvalue weighted by atomic mass is 16.1. The van der Waals surface area contributed by atoms with E-state index in [1.807, 2.05) is 31.2 Å². The highest BCUT2D eigenvalue weighted by Crippen LogP contribution is 2.16. The van der Waals surface area contributed by atoms with Crippen LogP contribution in [0.15, 0.2) is 48.7 Å². The highest BCUT2D eigenvalue weighted by Gasteiger charge is 2.15. The second kappa shape index (κ2) is 6.28. The number of rotatable bonds is 5. The number of carbonyl (C=O) groups is 1. The molecule has 2 nitrogen and oxygen atoms in total. The van der Waals surface area contributed by atoms with Crippen LogP contribution in [-0.4, -0.2) is 10.8 Å². The highest BCUT2D eigenvalue weighted by molar-refractivity contribution is 5.85. The predicted octanol–water partition coefficient (Wildman–Crippen LogP) is 3.70. The average molecular weight is 253 g/mol. The lowest BCUT2D eigenvalue weighted by Crippen LogP contribution is -2.11. The lowest BCUT2D eigenvalue weighted by Gasteiger charge is -2.09. The maximum Gasteiger partial charge on any atom is 0.141 e. The standard InChI is InChI=1S/C17H19NO/c1-13-6-5-7-15(12-13)9-10-17(19)14(2)16-8-3-4-11-18-16/h3-8,11-12,14H,9-10H2,1-2H3. The van der Waals surface area contributed by atoms with Crippen LogP contribution in [0.1, 0.15) is 36.1 Å². The van der Waals surface area contributed by atoms with Gasteiger partial charge in [-0.3, -0.25) is 9.78 Å². The molecule has 0 aliphatic heterocycles. The third-order valence-corrected chi connectivity index (χ3v) is 3.36. The van der Waals surface area contributed by atoms with Crippen molar-refractivity contribution in [2.24, 2.45) is 0 Å². The minimum Gasteiger partial charge on any atom is -0.299 e. The third kappa shape index (κ3) is 3.75.